The number of carboxylic acids is 1. The lowest BCUT2D eigenvalue weighted by Gasteiger charge is -2.39. The second-order valence-electron chi connectivity index (χ2n) is 18.0. The second kappa shape index (κ2) is 22.3. The number of hydrogen-bond donors (Lipinski definition) is 1. The zero-order chi connectivity index (χ0) is 46.5. The minimum absolute atomic E-state index is 0.00134. The van der Waals surface area contributed by atoms with Crippen LogP contribution in [0.2, 0.25) is 0 Å². The first-order chi connectivity index (χ1) is 32.0. The molecule has 348 valence electrons. The van der Waals surface area contributed by atoms with Crippen molar-refractivity contribution in [3.05, 3.63) is 153 Å². The second-order valence-corrected chi connectivity index (χ2v) is 18.0. The molecule has 8 rings (SSSR count). The van der Waals surface area contributed by atoms with Gasteiger partial charge in [-0.05, 0) is 181 Å². The molecule has 0 amide bonds. The molecule has 2 aliphatic rings. The molecule has 66 heavy (non-hydrogen) atoms. The van der Waals surface area contributed by atoms with Gasteiger partial charge < -0.3 is 27.8 Å². The molecule has 0 aliphatic carbocycles. The first-order valence-corrected chi connectivity index (χ1v) is 23.4. The van der Waals surface area contributed by atoms with Crippen molar-refractivity contribution in [2.24, 2.45) is 10.8 Å². The van der Waals surface area contributed by atoms with Crippen molar-refractivity contribution >= 4 is 45.9 Å². The summed E-state index contributed by atoms with van der Waals surface area (Å²) < 4.78 is 19.8. The van der Waals surface area contributed by atoms with E-state index in [1.54, 1.807) is 29.2 Å². The minimum atomic E-state index is -0.718. The fourth-order valence-corrected chi connectivity index (χ4v) is 9.56. The Balaban J connectivity index is 0.000000197. The predicted molar refractivity (Wildman–Crippen MR) is 260 cm³/mol. The van der Waals surface area contributed by atoms with E-state index < -0.39 is 16.8 Å². The third kappa shape index (κ3) is 12.0. The summed E-state index contributed by atoms with van der Waals surface area (Å²) in [5.74, 6) is 0.851. The number of carboxylic acid groups (broad SMARTS) is 1. The molecule has 12 heteroatoms. The van der Waals surface area contributed by atoms with E-state index in [4.69, 9.17) is 13.6 Å². The van der Waals surface area contributed by atoms with Gasteiger partial charge in [0.05, 0.1) is 41.0 Å². The molecule has 0 atom stereocenters. The quantitative estimate of drug-likeness (QED) is 0.0881. The standard InChI is InChI=1S/C28H34N2O4.C26H30N2O4/c1-3-33-27(32)28(14-18-29(19-15-28)16-4-7-24-8-5-20-34-24)13-6-17-30-25-21-22(2)9-10-23(25)11-12-26(30)31;1-20-7-8-21-9-10-24(29)28(23(21)19-20)15-4-11-26(25(30)31)12-16-27(17-13-26)14-2-5-22-6-3-18-32-22/h4-5,7-12,20-21H,3,6,13-19H2,1-2H3;2-3,5-10,18-19H,4,11-17H2,1H3,(H,30,31)/b7-4+;5-2+. The Morgan fingerprint density at radius 2 is 1.09 bits per heavy atom. The van der Waals surface area contributed by atoms with Crippen molar-refractivity contribution in [1.29, 1.82) is 0 Å². The zero-order valence-corrected chi connectivity index (χ0v) is 38.7. The number of likely N-dealkylation sites (tertiary alicyclic amines) is 2. The highest BCUT2D eigenvalue weighted by atomic mass is 16.5. The topological polar surface area (TPSA) is 140 Å². The minimum Gasteiger partial charge on any atom is -0.481 e. The zero-order valence-electron chi connectivity index (χ0n) is 38.7. The van der Waals surface area contributed by atoms with E-state index in [9.17, 15) is 24.3 Å². The highest BCUT2D eigenvalue weighted by molar-refractivity contribution is 5.80. The van der Waals surface area contributed by atoms with Crippen LogP contribution in [0, 0.1) is 24.7 Å². The third-order valence-corrected chi connectivity index (χ3v) is 13.5. The van der Waals surface area contributed by atoms with Crippen LogP contribution in [0.25, 0.3) is 34.0 Å². The van der Waals surface area contributed by atoms with Gasteiger partial charge in [-0.15, -0.1) is 0 Å². The number of aliphatic carboxylic acids is 1. The van der Waals surface area contributed by atoms with Gasteiger partial charge in [0.2, 0.25) is 0 Å². The predicted octanol–water partition coefficient (Wildman–Crippen LogP) is 9.61. The van der Waals surface area contributed by atoms with Gasteiger partial charge in [0.25, 0.3) is 11.1 Å². The molecular weight excluding hydrogens is 833 g/mol. The van der Waals surface area contributed by atoms with Gasteiger partial charge >= 0.3 is 11.9 Å². The molecule has 0 unspecified atom stereocenters. The van der Waals surface area contributed by atoms with Crippen LogP contribution in [0.3, 0.4) is 0 Å². The third-order valence-electron chi connectivity index (χ3n) is 13.5. The molecule has 2 saturated heterocycles. The van der Waals surface area contributed by atoms with Crippen molar-refractivity contribution in [1.82, 2.24) is 18.9 Å². The number of benzene rings is 2. The monoisotopic (exact) mass is 896 g/mol. The highest BCUT2D eigenvalue weighted by Gasteiger charge is 2.42. The maximum atomic E-state index is 13.0. The summed E-state index contributed by atoms with van der Waals surface area (Å²) in [6.07, 6.45) is 16.9. The average Bonchev–Trinajstić information content (AvgIpc) is 4.05. The molecule has 6 aromatic rings. The molecule has 2 aromatic carbocycles. The van der Waals surface area contributed by atoms with E-state index in [2.05, 4.69) is 40.2 Å². The normalized spacial score (nSPS) is 16.5. The number of nitrogens with zero attached hydrogens (tertiary/aromatic N) is 4. The van der Waals surface area contributed by atoms with Gasteiger partial charge in [0, 0.05) is 38.3 Å². The van der Waals surface area contributed by atoms with Crippen molar-refractivity contribution < 1.29 is 28.3 Å². The lowest BCUT2D eigenvalue weighted by Crippen LogP contribution is -2.45. The number of aryl methyl sites for hydroxylation is 4. The number of esters is 1. The molecule has 0 saturated carbocycles. The molecule has 0 radical (unpaired) electrons. The van der Waals surface area contributed by atoms with Crippen LogP contribution in [0.1, 0.15) is 80.9 Å². The van der Waals surface area contributed by atoms with E-state index in [0.717, 1.165) is 109 Å². The Hall–Kier alpha value is -6.24. The summed E-state index contributed by atoms with van der Waals surface area (Å²) in [7, 11) is 0. The molecule has 4 aromatic heterocycles. The summed E-state index contributed by atoms with van der Waals surface area (Å²) in [6, 6.07) is 26.8. The van der Waals surface area contributed by atoms with E-state index in [0.29, 0.717) is 45.4 Å². The van der Waals surface area contributed by atoms with Gasteiger partial charge in [-0.25, -0.2) is 0 Å². The van der Waals surface area contributed by atoms with Gasteiger partial charge in [0.15, 0.2) is 0 Å². The molecule has 6 heterocycles. The summed E-state index contributed by atoms with van der Waals surface area (Å²) >= 11 is 0. The van der Waals surface area contributed by atoms with E-state index in [1.165, 1.54) is 0 Å². The number of carbonyl (C=O) groups is 2. The molecular formula is C54H64N4O8. The lowest BCUT2D eigenvalue weighted by atomic mass is 9.74. The maximum absolute atomic E-state index is 13.0. The maximum Gasteiger partial charge on any atom is 0.312 e. The van der Waals surface area contributed by atoms with Gasteiger partial charge in [0.1, 0.15) is 11.5 Å². The number of rotatable bonds is 17. The number of aromatic nitrogens is 2. The number of ether oxygens (including phenoxy) is 1. The van der Waals surface area contributed by atoms with Crippen LogP contribution in [-0.4, -0.2) is 81.9 Å². The Labute approximate surface area is 386 Å². The van der Waals surface area contributed by atoms with Crippen LogP contribution < -0.4 is 11.1 Å². The molecule has 0 spiro atoms. The lowest BCUT2D eigenvalue weighted by molar-refractivity contribution is -0.159. The number of pyridine rings is 2. The summed E-state index contributed by atoms with van der Waals surface area (Å²) in [5.41, 5.74) is 2.87. The molecule has 2 aliphatic heterocycles. The number of hydrogen-bond acceptors (Lipinski definition) is 9. The molecule has 12 nitrogen and oxygen atoms in total. The molecule has 1 N–H and O–H groups in total. The van der Waals surface area contributed by atoms with E-state index in [1.807, 2.05) is 92.1 Å². The van der Waals surface area contributed by atoms with E-state index >= 15 is 0 Å². The summed E-state index contributed by atoms with van der Waals surface area (Å²) in [4.78, 5) is 55.0. The molecule has 2 fully saturated rings. The van der Waals surface area contributed by atoms with Crippen molar-refractivity contribution in [3.63, 3.8) is 0 Å². The molecule has 0 bridgehead atoms. The van der Waals surface area contributed by atoms with Crippen LogP contribution >= 0.6 is 0 Å². The van der Waals surface area contributed by atoms with Crippen LogP contribution in [-0.2, 0) is 27.4 Å². The summed E-state index contributed by atoms with van der Waals surface area (Å²) in [5, 5.41) is 12.1. The van der Waals surface area contributed by atoms with Crippen molar-refractivity contribution in [2.45, 2.75) is 85.2 Å². The number of fused-ring (bicyclic) bond motifs is 2. The van der Waals surface area contributed by atoms with Crippen molar-refractivity contribution in [3.8, 4) is 0 Å². The Bertz CT molecular complexity index is 2710. The largest absolute Gasteiger partial charge is 0.481 e. The number of piperidine rings is 2. The SMILES string of the molecule is CCOC(=O)C1(CCCn2c(=O)ccc3ccc(C)cc32)CCN(C/C=C/c2ccco2)CC1.Cc1ccc2ccc(=O)n(CCCC3(C(=O)O)CCN(C/C=C/c4ccco4)CC3)c2c1. The summed E-state index contributed by atoms with van der Waals surface area (Å²) in [6.45, 7) is 12.2. The van der Waals surface area contributed by atoms with Crippen molar-refractivity contribution in [2.75, 3.05) is 45.9 Å². The fourth-order valence-electron chi connectivity index (χ4n) is 9.56. The van der Waals surface area contributed by atoms with Crippen LogP contribution in [0.4, 0.5) is 0 Å². The highest BCUT2D eigenvalue weighted by Crippen LogP contribution is 2.39. The first-order valence-electron chi connectivity index (χ1n) is 23.4. The number of carbonyl (C=O) groups excluding carboxylic acids is 1. The van der Waals surface area contributed by atoms with Gasteiger partial charge in [-0.1, -0.05) is 36.4 Å². The fraction of sp³-hybridized carbons (Fsp3) is 0.407. The van der Waals surface area contributed by atoms with Crippen LogP contribution in [0.5, 0.6) is 0 Å². The van der Waals surface area contributed by atoms with Gasteiger partial charge in [-0.3, -0.25) is 29.0 Å². The number of furan rings is 2. The first kappa shape index (κ1) is 47.7. The van der Waals surface area contributed by atoms with Crippen LogP contribution in [0.15, 0.2) is 128 Å². The Kier molecular flexibility index (Phi) is 16.1. The Morgan fingerprint density at radius 3 is 1.52 bits per heavy atom. The Morgan fingerprint density at radius 1 is 0.652 bits per heavy atom. The smallest absolute Gasteiger partial charge is 0.312 e. The average molecular weight is 897 g/mol. The van der Waals surface area contributed by atoms with Gasteiger partial charge in [-0.2, -0.15) is 0 Å². The van der Waals surface area contributed by atoms with E-state index in [-0.39, 0.29) is 17.1 Å².